The van der Waals surface area contributed by atoms with E-state index < -0.39 is 0 Å². The highest BCUT2D eigenvalue weighted by Crippen LogP contribution is 2.41. The lowest BCUT2D eigenvalue weighted by Crippen LogP contribution is -2.49. The van der Waals surface area contributed by atoms with Crippen LogP contribution in [-0.4, -0.2) is 47.0 Å². The smallest absolute Gasteiger partial charge is 0.254 e. The third kappa shape index (κ3) is 3.99. The Labute approximate surface area is 198 Å². The van der Waals surface area contributed by atoms with Crippen LogP contribution in [0.15, 0.2) is 24.3 Å². The molecule has 1 atom stereocenters. The number of nitrogens with zero attached hydrogens (tertiary/aromatic N) is 4. The first-order chi connectivity index (χ1) is 15.4. The number of hydrogen-bond donors (Lipinski definition) is 0. The van der Waals surface area contributed by atoms with Crippen molar-refractivity contribution in [1.82, 2.24) is 14.9 Å². The molecule has 3 heterocycles. The minimum Gasteiger partial charge on any atom is -0.352 e. The maximum Gasteiger partial charge on any atom is 0.254 e. The van der Waals surface area contributed by atoms with Gasteiger partial charge in [-0.3, -0.25) is 4.79 Å². The summed E-state index contributed by atoms with van der Waals surface area (Å²) in [5.74, 6) is 3.04. The van der Waals surface area contributed by atoms with Gasteiger partial charge in [0.25, 0.3) is 5.91 Å². The van der Waals surface area contributed by atoms with Gasteiger partial charge >= 0.3 is 0 Å². The minimum atomic E-state index is 0.0461. The number of thiophene rings is 1. The number of rotatable bonds is 3. The van der Waals surface area contributed by atoms with Crippen LogP contribution in [0.1, 0.15) is 59.7 Å². The van der Waals surface area contributed by atoms with Crippen LogP contribution in [0.2, 0.25) is 5.02 Å². The molecule has 1 aliphatic heterocycles. The van der Waals surface area contributed by atoms with Gasteiger partial charge in [0.05, 0.1) is 5.39 Å². The highest BCUT2D eigenvalue weighted by atomic mass is 35.5. The van der Waals surface area contributed by atoms with Crippen molar-refractivity contribution in [2.45, 2.75) is 46.0 Å². The summed E-state index contributed by atoms with van der Waals surface area (Å²) in [6.07, 6.45) is 3.49. The molecule has 1 amide bonds. The van der Waals surface area contributed by atoms with Gasteiger partial charge in [-0.1, -0.05) is 38.4 Å². The number of hydrogen-bond acceptors (Lipinski definition) is 5. The van der Waals surface area contributed by atoms with Crippen LogP contribution >= 0.6 is 22.9 Å². The van der Waals surface area contributed by atoms with Gasteiger partial charge in [-0.25, -0.2) is 9.97 Å². The van der Waals surface area contributed by atoms with Gasteiger partial charge in [-0.2, -0.15) is 0 Å². The number of aromatic nitrogens is 2. The molecule has 0 saturated carbocycles. The summed E-state index contributed by atoms with van der Waals surface area (Å²) in [7, 11) is 0. The molecule has 1 aromatic carbocycles. The zero-order chi connectivity index (χ0) is 22.4. The van der Waals surface area contributed by atoms with E-state index in [4.69, 9.17) is 21.6 Å². The van der Waals surface area contributed by atoms with Gasteiger partial charge in [-0.15, -0.1) is 11.3 Å². The summed E-state index contributed by atoms with van der Waals surface area (Å²) in [4.78, 5) is 29.9. The lowest BCUT2D eigenvalue weighted by molar-refractivity contribution is 0.0746. The van der Waals surface area contributed by atoms with Gasteiger partial charge in [0.2, 0.25) is 0 Å². The zero-order valence-corrected chi connectivity index (χ0v) is 20.5. The summed E-state index contributed by atoms with van der Waals surface area (Å²) in [6, 6.07) is 7.21. The first-order valence-electron chi connectivity index (χ1n) is 11.5. The van der Waals surface area contributed by atoms with Crippen LogP contribution in [0.4, 0.5) is 5.82 Å². The fourth-order valence-electron chi connectivity index (χ4n) is 4.75. The van der Waals surface area contributed by atoms with Crippen LogP contribution in [0, 0.1) is 5.92 Å². The van der Waals surface area contributed by atoms with Crippen LogP contribution in [-0.2, 0) is 12.8 Å². The molecule has 7 heteroatoms. The molecule has 0 spiro atoms. The second kappa shape index (κ2) is 8.64. The van der Waals surface area contributed by atoms with Gasteiger partial charge in [-0.05, 0) is 48.9 Å². The summed E-state index contributed by atoms with van der Waals surface area (Å²) in [5.41, 5.74) is 2.12. The molecule has 0 radical (unpaired) electrons. The number of amides is 1. The van der Waals surface area contributed by atoms with E-state index in [2.05, 4.69) is 25.7 Å². The Hall–Kier alpha value is -2.18. The summed E-state index contributed by atoms with van der Waals surface area (Å²) in [6.45, 7) is 9.56. The maximum absolute atomic E-state index is 13.0. The SMILES string of the molecule is CC1CCc2c(sc3nc(C(C)C)nc(N4CCN(C(=O)c5cccc(Cl)c5)CC4)c23)C1. The molecule has 5 rings (SSSR count). The standard InChI is InChI=1S/C25H29ClN4OS/c1-15(2)22-27-23(21-19-8-7-16(3)13-20(19)32-24(21)28-22)29-9-11-30(12-10-29)25(31)17-5-4-6-18(26)14-17/h4-6,14-16H,7-13H2,1-3H3. The predicted molar refractivity (Wildman–Crippen MR) is 132 cm³/mol. The molecule has 168 valence electrons. The number of carbonyl (C=O) groups excluding carboxylic acids is 1. The average Bonchev–Trinajstić information content (AvgIpc) is 3.15. The molecule has 5 nitrogen and oxygen atoms in total. The molecule has 1 saturated heterocycles. The quantitative estimate of drug-likeness (QED) is 0.505. The highest BCUT2D eigenvalue weighted by Gasteiger charge is 2.29. The van der Waals surface area contributed by atoms with Crippen LogP contribution < -0.4 is 4.90 Å². The molecule has 1 fully saturated rings. The van der Waals surface area contributed by atoms with Crippen LogP contribution in [0.25, 0.3) is 10.2 Å². The van der Waals surface area contributed by atoms with E-state index in [9.17, 15) is 4.79 Å². The van der Waals surface area contributed by atoms with Crippen molar-refractivity contribution >= 4 is 44.9 Å². The maximum atomic E-state index is 13.0. The van der Waals surface area contributed by atoms with Crippen molar-refractivity contribution in [2.24, 2.45) is 5.92 Å². The number of benzene rings is 1. The van der Waals surface area contributed by atoms with Gasteiger partial charge in [0, 0.05) is 47.6 Å². The Balaban J connectivity index is 1.44. The number of carbonyl (C=O) groups is 1. The van der Waals surface area contributed by atoms with Gasteiger partial charge in [0.1, 0.15) is 16.5 Å². The van der Waals surface area contributed by atoms with E-state index in [0.717, 1.165) is 48.3 Å². The fourth-order valence-corrected chi connectivity index (χ4v) is 6.33. The van der Waals surface area contributed by atoms with Crippen molar-refractivity contribution in [2.75, 3.05) is 31.1 Å². The largest absolute Gasteiger partial charge is 0.352 e. The molecule has 1 unspecified atom stereocenters. The third-order valence-electron chi connectivity index (χ3n) is 6.61. The lowest BCUT2D eigenvalue weighted by Gasteiger charge is -2.36. The van der Waals surface area contributed by atoms with Gasteiger partial charge in [0.15, 0.2) is 0 Å². The molecule has 2 aliphatic rings. The molecule has 3 aromatic rings. The third-order valence-corrected chi connectivity index (χ3v) is 7.99. The molecular weight excluding hydrogens is 440 g/mol. The molecule has 32 heavy (non-hydrogen) atoms. The van der Waals surface area contributed by atoms with Crippen LogP contribution in [0.5, 0.6) is 0 Å². The molecule has 0 N–H and O–H groups in total. The highest BCUT2D eigenvalue weighted by molar-refractivity contribution is 7.19. The molecular formula is C25H29ClN4OS. The minimum absolute atomic E-state index is 0.0461. The number of halogens is 1. The van der Waals surface area contributed by atoms with E-state index in [-0.39, 0.29) is 11.8 Å². The average molecular weight is 469 g/mol. The Morgan fingerprint density at radius 1 is 1.19 bits per heavy atom. The topological polar surface area (TPSA) is 49.3 Å². The number of piperazine rings is 1. The molecule has 0 bridgehead atoms. The number of anilines is 1. The van der Waals surface area contributed by atoms with Crippen molar-refractivity contribution < 1.29 is 4.79 Å². The second-order valence-corrected chi connectivity index (χ2v) is 10.9. The Kier molecular flexibility index (Phi) is 5.84. The first kappa shape index (κ1) is 21.7. The monoisotopic (exact) mass is 468 g/mol. The number of aryl methyl sites for hydroxylation is 1. The van der Waals surface area contributed by atoms with E-state index in [1.165, 1.54) is 22.2 Å². The van der Waals surface area contributed by atoms with E-state index >= 15 is 0 Å². The Morgan fingerprint density at radius 2 is 1.97 bits per heavy atom. The van der Waals surface area contributed by atoms with Crippen molar-refractivity contribution in [3.63, 3.8) is 0 Å². The lowest BCUT2D eigenvalue weighted by atomic mass is 9.89. The summed E-state index contributed by atoms with van der Waals surface area (Å²) in [5, 5.41) is 1.85. The van der Waals surface area contributed by atoms with E-state index in [1.807, 2.05) is 28.4 Å². The zero-order valence-electron chi connectivity index (χ0n) is 18.9. The van der Waals surface area contributed by atoms with Gasteiger partial charge < -0.3 is 9.80 Å². The molecule has 2 aromatic heterocycles. The second-order valence-electron chi connectivity index (χ2n) is 9.38. The Morgan fingerprint density at radius 3 is 2.69 bits per heavy atom. The van der Waals surface area contributed by atoms with Crippen molar-refractivity contribution in [1.29, 1.82) is 0 Å². The normalized spacial score (nSPS) is 19.0. The van der Waals surface area contributed by atoms with E-state index in [0.29, 0.717) is 23.7 Å². The van der Waals surface area contributed by atoms with Crippen molar-refractivity contribution in [3.05, 3.63) is 51.1 Å². The Bertz CT molecular complexity index is 1170. The number of fused-ring (bicyclic) bond motifs is 3. The fraction of sp³-hybridized carbons (Fsp3) is 0.480. The van der Waals surface area contributed by atoms with E-state index in [1.54, 1.807) is 12.1 Å². The first-order valence-corrected chi connectivity index (χ1v) is 12.7. The summed E-state index contributed by atoms with van der Waals surface area (Å²) >= 11 is 7.95. The predicted octanol–water partition coefficient (Wildman–Crippen LogP) is 5.56. The van der Waals surface area contributed by atoms with Crippen molar-refractivity contribution in [3.8, 4) is 0 Å². The molecule has 1 aliphatic carbocycles. The summed E-state index contributed by atoms with van der Waals surface area (Å²) < 4.78 is 0. The van der Waals surface area contributed by atoms with Crippen LogP contribution in [0.3, 0.4) is 0 Å².